The van der Waals surface area contributed by atoms with Crippen molar-refractivity contribution in [3.8, 4) is 5.82 Å². The third-order valence-corrected chi connectivity index (χ3v) is 4.62. The van der Waals surface area contributed by atoms with E-state index in [2.05, 4.69) is 24.4 Å². The summed E-state index contributed by atoms with van der Waals surface area (Å²) in [4.78, 5) is 20.2. The lowest BCUT2D eigenvalue weighted by Crippen LogP contribution is -2.35. The predicted molar refractivity (Wildman–Crippen MR) is 89.6 cm³/mol. The van der Waals surface area contributed by atoms with Crippen LogP contribution in [-0.2, 0) is 13.6 Å². The Morgan fingerprint density at radius 3 is 2.92 bits per heavy atom. The summed E-state index contributed by atoms with van der Waals surface area (Å²) in [5, 5.41) is 0. The van der Waals surface area contributed by atoms with E-state index in [1.54, 1.807) is 18.7 Å². The number of hydrogen-bond donors (Lipinski definition) is 0. The molecule has 24 heavy (non-hydrogen) atoms. The second-order valence-electron chi connectivity index (χ2n) is 6.30. The zero-order valence-electron chi connectivity index (χ0n) is 13.8. The summed E-state index contributed by atoms with van der Waals surface area (Å²) in [5.41, 5.74) is 1.06. The van der Waals surface area contributed by atoms with Gasteiger partial charge in [0, 0.05) is 50.5 Å². The van der Waals surface area contributed by atoms with Crippen LogP contribution in [0.4, 0.5) is 0 Å². The van der Waals surface area contributed by atoms with E-state index in [1.807, 2.05) is 36.4 Å². The fourth-order valence-electron chi connectivity index (χ4n) is 3.28. The van der Waals surface area contributed by atoms with Crippen molar-refractivity contribution in [2.45, 2.75) is 25.3 Å². The molecule has 3 aromatic heterocycles. The number of likely N-dealkylation sites (tertiary alicyclic amines) is 1. The van der Waals surface area contributed by atoms with Crippen molar-refractivity contribution in [2.75, 3.05) is 13.1 Å². The van der Waals surface area contributed by atoms with Crippen LogP contribution in [0.1, 0.15) is 30.3 Å². The van der Waals surface area contributed by atoms with Crippen LogP contribution in [0.25, 0.3) is 5.82 Å². The maximum Gasteiger partial charge on any atom is 0.156 e. The van der Waals surface area contributed by atoms with Gasteiger partial charge in [-0.15, -0.1) is 0 Å². The van der Waals surface area contributed by atoms with E-state index >= 15 is 0 Å². The fourth-order valence-corrected chi connectivity index (χ4v) is 3.28. The lowest BCUT2D eigenvalue weighted by molar-refractivity contribution is 0.192. The van der Waals surface area contributed by atoms with Gasteiger partial charge in [0.05, 0.1) is 18.4 Å². The molecule has 124 valence electrons. The minimum Gasteiger partial charge on any atom is -0.337 e. The molecule has 0 radical (unpaired) electrons. The molecule has 4 heterocycles. The summed E-state index contributed by atoms with van der Waals surface area (Å²) in [6, 6.07) is 0. The van der Waals surface area contributed by atoms with E-state index in [0.717, 1.165) is 43.4 Å². The Balaban J connectivity index is 1.50. The van der Waals surface area contributed by atoms with Gasteiger partial charge in [0.2, 0.25) is 0 Å². The highest BCUT2D eigenvalue weighted by atomic mass is 15.2. The third-order valence-electron chi connectivity index (χ3n) is 4.62. The lowest BCUT2D eigenvalue weighted by Gasteiger charge is -2.32. The average molecular weight is 323 g/mol. The molecule has 4 rings (SSSR count). The number of aryl methyl sites for hydroxylation is 1. The Kier molecular flexibility index (Phi) is 4.08. The molecule has 1 aliphatic rings. The fraction of sp³-hybridized carbons (Fsp3) is 0.412. The van der Waals surface area contributed by atoms with Crippen LogP contribution in [0.2, 0.25) is 0 Å². The van der Waals surface area contributed by atoms with Crippen LogP contribution < -0.4 is 0 Å². The molecule has 0 bridgehead atoms. The van der Waals surface area contributed by atoms with Gasteiger partial charge in [-0.3, -0.25) is 14.5 Å². The van der Waals surface area contributed by atoms with Gasteiger partial charge in [-0.25, -0.2) is 15.0 Å². The smallest absolute Gasteiger partial charge is 0.156 e. The van der Waals surface area contributed by atoms with Gasteiger partial charge in [-0.1, -0.05) is 0 Å². The van der Waals surface area contributed by atoms with Gasteiger partial charge < -0.3 is 4.57 Å². The summed E-state index contributed by atoms with van der Waals surface area (Å²) < 4.78 is 3.98. The van der Waals surface area contributed by atoms with E-state index in [1.165, 1.54) is 6.42 Å². The van der Waals surface area contributed by atoms with Crippen LogP contribution in [0.3, 0.4) is 0 Å². The molecule has 1 aliphatic heterocycles. The number of nitrogens with zero attached hydrogens (tertiary/aromatic N) is 7. The van der Waals surface area contributed by atoms with Crippen LogP contribution in [0.5, 0.6) is 0 Å². The minimum absolute atomic E-state index is 0.412. The molecule has 0 saturated carbocycles. The zero-order chi connectivity index (χ0) is 16.4. The van der Waals surface area contributed by atoms with E-state index in [-0.39, 0.29) is 0 Å². The lowest BCUT2D eigenvalue weighted by atomic mass is 9.95. The molecule has 7 nitrogen and oxygen atoms in total. The Hall–Kier alpha value is -2.54. The van der Waals surface area contributed by atoms with E-state index in [0.29, 0.717) is 5.92 Å². The molecular weight excluding hydrogens is 302 g/mol. The first-order valence-electron chi connectivity index (χ1n) is 8.28. The van der Waals surface area contributed by atoms with Crippen LogP contribution >= 0.6 is 0 Å². The van der Waals surface area contributed by atoms with Gasteiger partial charge >= 0.3 is 0 Å². The average Bonchev–Trinajstić information content (AvgIpc) is 3.28. The molecule has 3 aromatic rings. The van der Waals surface area contributed by atoms with Gasteiger partial charge in [0.1, 0.15) is 12.2 Å². The van der Waals surface area contributed by atoms with Crippen LogP contribution in [0.15, 0.2) is 43.5 Å². The summed E-state index contributed by atoms with van der Waals surface area (Å²) in [6.45, 7) is 2.99. The van der Waals surface area contributed by atoms with Gasteiger partial charge in [0.15, 0.2) is 5.82 Å². The van der Waals surface area contributed by atoms with E-state index < -0.39 is 0 Å². The summed E-state index contributed by atoms with van der Waals surface area (Å²) >= 11 is 0. The van der Waals surface area contributed by atoms with Crippen molar-refractivity contribution < 1.29 is 0 Å². The molecule has 0 unspecified atom stereocenters. The Morgan fingerprint density at radius 1 is 1.17 bits per heavy atom. The van der Waals surface area contributed by atoms with Crippen LogP contribution in [0, 0.1) is 0 Å². The van der Waals surface area contributed by atoms with Gasteiger partial charge in [-0.05, 0) is 19.4 Å². The molecule has 1 fully saturated rings. The van der Waals surface area contributed by atoms with Gasteiger partial charge in [-0.2, -0.15) is 0 Å². The maximum absolute atomic E-state index is 4.80. The molecule has 1 saturated heterocycles. The quantitative estimate of drug-likeness (QED) is 0.732. The number of aromatic nitrogens is 6. The Labute approximate surface area is 141 Å². The van der Waals surface area contributed by atoms with Gasteiger partial charge in [0.25, 0.3) is 0 Å². The number of imidazole rings is 2. The first-order valence-corrected chi connectivity index (χ1v) is 8.28. The third kappa shape index (κ3) is 3.07. The summed E-state index contributed by atoms with van der Waals surface area (Å²) in [7, 11) is 2.05. The van der Waals surface area contributed by atoms with Crippen molar-refractivity contribution in [1.29, 1.82) is 0 Å². The summed E-state index contributed by atoms with van der Waals surface area (Å²) in [6.07, 6.45) is 15.3. The molecule has 0 amide bonds. The predicted octanol–water partition coefficient (Wildman–Crippen LogP) is 1.78. The molecule has 0 aliphatic carbocycles. The first-order chi connectivity index (χ1) is 11.8. The topological polar surface area (TPSA) is 64.7 Å². The van der Waals surface area contributed by atoms with Crippen molar-refractivity contribution >= 4 is 0 Å². The second kappa shape index (κ2) is 6.52. The molecule has 0 spiro atoms. The Morgan fingerprint density at radius 2 is 2.12 bits per heavy atom. The first kappa shape index (κ1) is 15.0. The number of hydrogen-bond acceptors (Lipinski definition) is 5. The SMILES string of the molecule is Cn1ccnc1CN1CCC[C@@H](c2cncc(-n3ccnc3)n2)C1. The highest BCUT2D eigenvalue weighted by Crippen LogP contribution is 2.26. The largest absolute Gasteiger partial charge is 0.337 e. The normalized spacial score (nSPS) is 18.8. The molecular formula is C17H21N7. The maximum atomic E-state index is 4.80. The zero-order valence-corrected chi connectivity index (χ0v) is 13.8. The highest BCUT2D eigenvalue weighted by molar-refractivity contribution is 5.21. The van der Waals surface area contributed by atoms with Crippen LogP contribution in [-0.4, -0.2) is 47.1 Å². The standard InChI is InChI=1S/C17H21N7/c1-22-7-5-20-17(22)12-23-6-2-3-14(11-23)15-9-19-10-16(21-15)24-8-4-18-13-24/h4-5,7-10,13-14H,2-3,6,11-12H2,1H3/t14-/m1/s1. The Bertz CT molecular complexity index is 793. The van der Waals surface area contributed by atoms with Crippen molar-refractivity contribution in [3.63, 3.8) is 0 Å². The highest BCUT2D eigenvalue weighted by Gasteiger charge is 2.23. The second-order valence-corrected chi connectivity index (χ2v) is 6.30. The van der Waals surface area contributed by atoms with Crippen molar-refractivity contribution in [1.82, 2.24) is 34.0 Å². The molecule has 0 aromatic carbocycles. The van der Waals surface area contributed by atoms with E-state index in [4.69, 9.17) is 4.98 Å². The summed E-state index contributed by atoms with van der Waals surface area (Å²) in [5.74, 6) is 2.34. The molecule has 0 N–H and O–H groups in total. The molecule has 1 atom stereocenters. The minimum atomic E-state index is 0.412. The molecule has 7 heteroatoms. The van der Waals surface area contributed by atoms with Crippen molar-refractivity contribution in [3.05, 3.63) is 55.0 Å². The van der Waals surface area contributed by atoms with E-state index in [9.17, 15) is 0 Å². The number of piperidine rings is 1. The monoisotopic (exact) mass is 323 g/mol. The van der Waals surface area contributed by atoms with Crippen molar-refractivity contribution in [2.24, 2.45) is 7.05 Å². The number of rotatable bonds is 4.